The van der Waals surface area contributed by atoms with Crippen LogP contribution < -0.4 is 9.80 Å². The number of esters is 1. The number of carbonyl (C=O) groups excluding carboxylic acids is 2. The molecular weight excluding hydrogens is 455 g/mol. The Morgan fingerprint density at radius 3 is 2.36 bits per heavy atom. The number of halogens is 3. The van der Waals surface area contributed by atoms with Crippen molar-refractivity contribution in [2.45, 2.75) is 42.9 Å². The Morgan fingerprint density at radius 2 is 1.85 bits per heavy atom. The van der Waals surface area contributed by atoms with Crippen LogP contribution in [0.5, 0.6) is 0 Å². The van der Waals surface area contributed by atoms with Gasteiger partial charge in [0, 0.05) is 11.4 Å². The number of hydrogen-bond acceptors (Lipinski definition) is 6. The van der Waals surface area contributed by atoms with Crippen LogP contribution in [0.3, 0.4) is 0 Å². The lowest BCUT2D eigenvalue weighted by atomic mass is 9.75. The molecule has 1 unspecified atom stereocenters. The third-order valence-electron chi connectivity index (χ3n) is 6.22. The highest BCUT2D eigenvalue weighted by molar-refractivity contribution is 7.81. The quantitative estimate of drug-likeness (QED) is 0.528. The molecule has 1 aliphatic carbocycles. The third-order valence-corrected chi connectivity index (χ3v) is 6.68. The molecule has 1 spiro atoms. The molecule has 6 nitrogen and oxygen atoms in total. The zero-order valence-electron chi connectivity index (χ0n) is 17.6. The van der Waals surface area contributed by atoms with E-state index in [1.54, 1.807) is 30.3 Å². The van der Waals surface area contributed by atoms with Gasteiger partial charge in [-0.25, -0.2) is 0 Å². The Hall–Kier alpha value is -3.19. The van der Waals surface area contributed by atoms with E-state index in [0.717, 1.165) is 24.1 Å². The lowest BCUT2D eigenvalue weighted by Crippen LogP contribution is -2.55. The van der Waals surface area contributed by atoms with E-state index in [2.05, 4.69) is 17.4 Å². The van der Waals surface area contributed by atoms with Gasteiger partial charge in [-0.15, -0.1) is 12.6 Å². The highest BCUT2D eigenvalue weighted by Crippen LogP contribution is 2.50. The Balaban J connectivity index is 1.72. The molecule has 33 heavy (non-hydrogen) atoms. The minimum atomic E-state index is -4.74. The van der Waals surface area contributed by atoms with Crippen molar-refractivity contribution in [3.63, 3.8) is 0 Å². The van der Waals surface area contributed by atoms with E-state index in [-0.39, 0.29) is 24.0 Å². The number of thiol groups is 1. The van der Waals surface area contributed by atoms with E-state index in [1.165, 1.54) is 18.1 Å². The number of methoxy groups -OCH3 is 1. The molecule has 4 rings (SSSR count). The first kappa shape index (κ1) is 23.0. The fourth-order valence-electron chi connectivity index (χ4n) is 4.39. The summed E-state index contributed by atoms with van der Waals surface area (Å²) in [4.78, 5) is 28.1. The van der Waals surface area contributed by atoms with E-state index in [9.17, 15) is 22.8 Å². The second kappa shape index (κ2) is 8.30. The fraction of sp³-hybridized carbons (Fsp3) is 0.348. The van der Waals surface area contributed by atoms with Crippen LogP contribution in [-0.2, 0) is 26.9 Å². The molecule has 2 fully saturated rings. The summed E-state index contributed by atoms with van der Waals surface area (Å²) in [5.41, 5.74) is -1.92. The van der Waals surface area contributed by atoms with Crippen molar-refractivity contribution in [1.82, 2.24) is 0 Å². The van der Waals surface area contributed by atoms with Gasteiger partial charge in [0.1, 0.15) is 5.54 Å². The highest BCUT2D eigenvalue weighted by atomic mass is 32.1. The molecule has 1 saturated carbocycles. The summed E-state index contributed by atoms with van der Waals surface area (Å²) in [6.45, 7) is 0. The monoisotopic (exact) mass is 475 g/mol. The molecule has 1 amide bonds. The van der Waals surface area contributed by atoms with Gasteiger partial charge >= 0.3 is 12.1 Å². The first-order chi connectivity index (χ1) is 15.6. The maximum atomic E-state index is 13.5. The number of nitriles is 1. The van der Waals surface area contributed by atoms with Crippen LogP contribution in [-0.4, -0.2) is 30.0 Å². The van der Waals surface area contributed by atoms with Gasteiger partial charge in [0.05, 0.1) is 30.7 Å². The van der Waals surface area contributed by atoms with Gasteiger partial charge in [0.15, 0.2) is 5.50 Å². The lowest BCUT2D eigenvalue weighted by Gasteiger charge is -2.44. The van der Waals surface area contributed by atoms with Crippen molar-refractivity contribution >= 4 is 35.9 Å². The van der Waals surface area contributed by atoms with Gasteiger partial charge < -0.3 is 9.64 Å². The zero-order chi connectivity index (χ0) is 24.0. The molecular formula is C23H20F3N3O3S. The van der Waals surface area contributed by atoms with Crippen molar-refractivity contribution in [2.24, 2.45) is 0 Å². The van der Waals surface area contributed by atoms with Gasteiger partial charge in [0.2, 0.25) is 0 Å². The van der Waals surface area contributed by atoms with Crippen LogP contribution in [0.15, 0.2) is 42.5 Å². The molecule has 172 valence electrons. The van der Waals surface area contributed by atoms with Gasteiger partial charge in [-0.3, -0.25) is 14.5 Å². The Morgan fingerprint density at radius 1 is 1.21 bits per heavy atom. The van der Waals surface area contributed by atoms with Gasteiger partial charge in [-0.2, -0.15) is 18.4 Å². The third kappa shape index (κ3) is 3.80. The van der Waals surface area contributed by atoms with Crippen molar-refractivity contribution in [3.05, 3.63) is 59.2 Å². The number of nitrogens with zero attached hydrogens (tertiary/aromatic N) is 3. The summed E-state index contributed by atoms with van der Waals surface area (Å²) in [7, 11) is 1.31. The maximum absolute atomic E-state index is 13.5. The van der Waals surface area contributed by atoms with E-state index >= 15 is 0 Å². The van der Waals surface area contributed by atoms with Crippen LogP contribution in [0.4, 0.5) is 24.5 Å². The van der Waals surface area contributed by atoms with Crippen molar-refractivity contribution in [3.8, 4) is 6.07 Å². The Labute approximate surface area is 193 Å². The lowest BCUT2D eigenvalue weighted by molar-refractivity contribution is -0.140. The first-order valence-electron chi connectivity index (χ1n) is 10.2. The molecule has 2 aromatic carbocycles. The van der Waals surface area contributed by atoms with Gasteiger partial charge in [-0.05, 0) is 55.2 Å². The fourth-order valence-corrected chi connectivity index (χ4v) is 4.99. The topological polar surface area (TPSA) is 73.6 Å². The average molecular weight is 475 g/mol. The number of benzene rings is 2. The Kier molecular flexibility index (Phi) is 5.78. The minimum Gasteiger partial charge on any atom is -0.469 e. The average Bonchev–Trinajstić information content (AvgIpc) is 3.00. The highest BCUT2D eigenvalue weighted by Gasteiger charge is 2.60. The molecule has 2 aromatic rings. The van der Waals surface area contributed by atoms with Crippen LogP contribution in [0, 0.1) is 11.3 Å². The first-order valence-corrected chi connectivity index (χ1v) is 10.7. The van der Waals surface area contributed by atoms with E-state index in [1.807, 2.05) is 4.90 Å². The van der Waals surface area contributed by atoms with E-state index in [4.69, 9.17) is 5.26 Å². The zero-order valence-corrected chi connectivity index (χ0v) is 18.5. The van der Waals surface area contributed by atoms with Crippen molar-refractivity contribution in [1.29, 1.82) is 5.26 Å². The number of rotatable bonds is 4. The Bertz CT molecular complexity index is 1140. The van der Waals surface area contributed by atoms with Crippen LogP contribution in [0.25, 0.3) is 0 Å². The molecule has 1 aliphatic heterocycles. The number of hydrogen-bond donors (Lipinski definition) is 1. The molecule has 1 heterocycles. The number of anilines is 2. The second-order valence-corrected chi connectivity index (χ2v) is 8.50. The molecule has 2 aliphatic rings. The van der Waals surface area contributed by atoms with Crippen molar-refractivity contribution < 1.29 is 27.5 Å². The molecule has 10 heteroatoms. The summed E-state index contributed by atoms with van der Waals surface area (Å²) in [5.74, 6) is -0.709. The summed E-state index contributed by atoms with van der Waals surface area (Å²) >= 11 is 4.63. The normalized spacial score (nSPS) is 19.4. The summed E-state index contributed by atoms with van der Waals surface area (Å²) in [6.07, 6.45) is -2.74. The predicted octanol–water partition coefficient (Wildman–Crippen LogP) is 4.28. The molecule has 0 aromatic heterocycles. The molecule has 1 saturated heterocycles. The SMILES string of the molecule is COC(=O)Cc1ccc(N2C(S)N(c3ccc(C#N)c(C(F)(F)F)c3)C(=O)C23CCC3)cc1. The summed E-state index contributed by atoms with van der Waals surface area (Å²) < 4.78 is 45.2. The summed E-state index contributed by atoms with van der Waals surface area (Å²) in [5, 5.41) is 9.07. The largest absolute Gasteiger partial charge is 0.469 e. The van der Waals surface area contributed by atoms with Gasteiger partial charge in [0.25, 0.3) is 5.91 Å². The number of amides is 1. The molecule has 0 bridgehead atoms. The van der Waals surface area contributed by atoms with Crippen LogP contribution in [0.1, 0.15) is 36.0 Å². The maximum Gasteiger partial charge on any atom is 0.417 e. The van der Waals surface area contributed by atoms with Crippen molar-refractivity contribution in [2.75, 3.05) is 16.9 Å². The van der Waals surface area contributed by atoms with Crippen LogP contribution in [0.2, 0.25) is 0 Å². The number of ether oxygens (including phenoxy) is 1. The molecule has 0 N–H and O–H groups in total. The summed E-state index contributed by atoms with van der Waals surface area (Å²) in [6, 6.07) is 11.8. The standard InChI is InChI=1S/C23H20F3N3O3S/c1-32-19(30)11-14-3-6-16(7-4-14)29-21(33)28(20(31)22(29)9-2-10-22)17-8-5-15(13-27)18(12-17)23(24,25)26/h3-8,12,21,33H,2,9-11H2,1H3. The number of alkyl halides is 3. The van der Waals surface area contributed by atoms with Gasteiger partial charge in [-0.1, -0.05) is 12.1 Å². The predicted molar refractivity (Wildman–Crippen MR) is 118 cm³/mol. The van der Waals surface area contributed by atoms with E-state index in [0.29, 0.717) is 18.5 Å². The second-order valence-electron chi connectivity index (χ2n) is 8.04. The smallest absolute Gasteiger partial charge is 0.417 e. The molecule has 0 radical (unpaired) electrons. The van der Waals surface area contributed by atoms with E-state index < -0.39 is 28.3 Å². The van der Waals surface area contributed by atoms with Crippen LogP contribution >= 0.6 is 12.6 Å². The minimum absolute atomic E-state index is 0.0300. The molecule has 1 atom stereocenters. The number of carbonyl (C=O) groups is 2.